The second-order valence-corrected chi connectivity index (χ2v) is 5.42. The standard InChI is InChI=1S/C12H21ClN4O/c1-7-12(4,5)17(6)10-14-9(13)15-11(16-10)18-8(2)3/h8H,7H2,1-6H3. The monoisotopic (exact) mass is 272 g/mol. The lowest BCUT2D eigenvalue weighted by Gasteiger charge is -2.34. The Labute approximate surface area is 114 Å². The third-order valence-corrected chi connectivity index (χ3v) is 3.16. The molecular weight excluding hydrogens is 252 g/mol. The summed E-state index contributed by atoms with van der Waals surface area (Å²) in [7, 11) is 1.94. The first-order valence-electron chi connectivity index (χ1n) is 6.08. The van der Waals surface area contributed by atoms with Gasteiger partial charge in [0.25, 0.3) is 0 Å². The summed E-state index contributed by atoms with van der Waals surface area (Å²) < 4.78 is 5.46. The van der Waals surface area contributed by atoms with Crippen molar-refractivity contribution in [2.45, 2.75) is 52.7 Å². The molecule has 0 aliphatic rings. The van der Waals surface area contributed by atoms with Gasteiger partial charge in [0.1, 0.15) is 0 Å². The molecule has 0 aromatic carbocycles. The SMILES string of the molecule is CCC(C)(C)N(C)c1nc(Cl)nc(OC(C)C)n1. The van der Waals surface area contributed by atoms with Gasteiger partial charge in [0.2, 0.25) is 11.2 Å². The highest BCUT2D eigenvalue weighted by Gasteiger charge is 2.24. The molecule has 0 amide bonds. The van der Waals surface area contributed by atoms with Crippen LogP contribution < -0.4 is 9.64 Å². The minimum atomic E-state index is -0.0558. The molecule has 0 radical (unpaired) electrons. The summed E-state index contributed by atoms with van der Waals surface area (Å²) in [6.45, 7) is 10.2. The van der Waals surface area contributed by atoms with Gasteiger partial charge in [-0.2, -0.15) is 15.0 Å². The van der Waals surface area contributed by atoms with Gasteiger partial charge in [-0.05, 0) is 45.7 Å². The van der Waals surface area contributed by atoms with Gasteiger partial charge in [-0.1, -0.05) is 6.92 Å². The van der Waals surface area contributed by atoms with E-state index in [4.69, 9.17) is 16.3 Å². The highest BCUT2D eigenvalue weighted by molar-refractivity contribution is 6.28. The number of anilines is 1. The highest BCUT2D eigenvalue weighted by atomic mass is 35.5. The summed E-state index contributed by atoms with van der Waals surface area (Å²) in [6, 6.07) is 0.263. The lowest BCUT2D eigenvalue weighted by molar-refractivity contribution is 0.221. The van der Waals surface area contributed by atoms with E-state index in [1.54, 1.807) is 0 Å². The predicted molar refractivity (Wildman–Crippen MR) is 73.4 cm³/mol. The molecule has 1 aromatic heterocycles. The normalized spacial score (nSPS) is 11.8. The van der Waals surface area contributed by atoms with Crippen molar-refractivity contribution < 1.29 is 4.74 Å². The average Bonchev–Trinajstić information content (AvgIpc) is 2.26. The zero-order valence-corrected chi connectivity index (χ0v) is 12.6. The number of aromatic nitrogens is 3. The lowest BCUT2D eigenvalue weighted by Crippen LogP contribution is -2.41. The Morgan fingerprint density at radius 2 is 1.89 bits per heavy atom. The van der Waals surface area contributed by atoms with E-state index in [-0.39, 0.29) is 22.9 Å². The molecule has 1 rings (SSSR count). The minimum absolute atomic E-state index is 0.000748. The van der Waals surface area contributed by atoms with Crippen LogP contribution in [0.1, 0.15) is 41.0 Å². The zero-order valence-electron chi connectivity index (χ0n) is 11.9. The number of ether oxygens (including phenoxy) is 1. The number of hydrogen-bond acceptors (Lipinski definition) is 5. The summed E-state index contributed by atoms with van der Waals surface area (Å²) in [5, 5.41) is 0.148. The molecule has 0 saturated carbocycles. The van der Waals surface area contributed by atoms with E-state index in [2.05, 4.69) is 35.7 Å². The van der Waals surface area contributed by atoms with E-state index >= 15 is 0 Å². The Kier molecular flexibility index (Phi) is 4.73. The second kappa shape index (κ2) is 5.69. The summed E-state index contributed by atoms with van der Waals surface area (Å²) in [6.07, 6.45) is 0.966. The summed E-state index contributed by atoms with van der Waals surface area (Å²) in [4.78, 5) is 14.4. The molecule has 0 bridgehead atoms. The number of halogens is 1. The maximum absolute atomic E-state index is 5.90. The Balaban J connectivity index is 3.06. The first kappa shape index (κ1) is 15.0. The molecular formula is C12H21ClN4O. The van der Waals surface area contributed by atoms with Crippen LogP contribution in [0.15, 0.2) is 0 Å². The molecule has 0 fully saturated rings. The lowest BCUT2D eigenvalue weighted by atomic mass is 10.0. The number of nitrogens with zero attached hydrogens (tertiary/aromatic N) is 4. The Morgan fingerprint density at radius 1 is 1.28 bits per heavy atom. The van der Waals surface area contributed by atoms with Crippen LogP contribution in [0, 0.1) is 0 Å². The van der Waals surface area contributed by atoms with Gasteiger partial charge in [0.15, 0.2) is 0 Å². The fourth-order valence-corrected chi connectivity index (χ4v) is 1.39. The maximum Gasteiger partial charge on any atom is 0.322 e. The van der Waals surface area contributed by atoms with Crippen molar-refractivity contribution in [1.29, 1.82) is 0 Å². The van der Waals surface area contributed by atoms with Crippen LogP contribution in [0.25, 0.3) is 0 Å². The van der Waals surface area contributed by atoms with Crippen molar-refractivity contribution in [3.05, 3.63) is 5.28 Å². The van der Waals surface area contributed by atoms with E-state index in [0.717, 1.165) is 6.42 Å². The predicted octanol–water partition coefficient (Wildman–Crippen LogP) is 2.94. The molecule has 0 N–H and O–H groups in total. The highest BCUT2D eigenvalue weighted by Crippen LogP contribution is 2.23. The second-order valence-electron chi connectivity index (χ2n) is 5.08. The van der Waals surface area contributed by atoms with Gasteiger partial charge in [0, 0.05) is 12.6 Å². The molecule has 5 nitrogen and oxygen atoms in total. The van der Waals surface area contributed by atoms with Crippen molar-refractivity contribution >= 4 is 17.5 Å². The fourth-order valence-electron chi connectivity index (χ4n) is 1.24. The van der Waals surface area contributed by atoms with Crippen molar-refractivity contribution in [2.75, 3.05) is 11.9 Å². The van der Waals surface area contributed by atoms with Crippen molar-refractivity contribution in [3.8, 4) is 6.01 Å². The molecule has 0 saturated heterocycles. The summed E-state index contributed by atoms with van der Waals surface area (Å²) >= 11 is 5.90. The van der Waals surface area contributed by atoms with Crippen LogP contribution in [0.3, 0.4) is 0 Å². The molecule has 6 heteroatoms. The van der Waals surface area contributed by atoms with Crippen LogP contribution >= 0.6 is 11.6 Å². The van der Waals surface area contributed by atoms with Gasteiger partial charge < -0.3 is 9.64 Å². The number of rotatable bonds is 5. The quantitative estimate of drug-likeness (QED) is 0.825. The molecule has 0 spiro atoms. The molecule has 0 aliphatic carbocycles. The largest absolute Gasteiger partial charge is 0.461 e. The smallest absolute Gasteiger partial charge is 0.322 e. The summed E-state index contributed by atoms with van der Waals surface area (Å²) in [5.41, 5.74) is -0.0558. The third kappa shape index (κ3) is 3.70. The topological polar surface area (TPSA) is 51.1 Å². The van der Waals surface area contributed by atoms with E-state index in [9.17, 15) is 0 Å². The molecule has 1 aromatic rings. The van der Waals surface area contributed by atoms with Gasteiger partial charge in [0.05, 0.1) is 6.10 Å². The van der Waals surface area contributed by atoms with Gasteiger partial charge in [-0.3, -0.25) is 0 Å². The molecule has 0 unspecified atom stereocenters. The van der Waals surface area contributed by atoms with Crippen LogP contribution in [-0.2, 0) is 0 Å². The average molecular weight is 273 g/mol. The van der Waals surface area contributed by atoms with Gasteiger partial charge in [-0.15, -0.1) is 0 Å². The molecule has 0 aliphatic heterocycles. The van der Waals surface area contributed by atoms with Gasteiger partial charge in [-0.25, -0.2) is 0 Å². The Morgan fingerprint density at radius 3 is 2.39 bits per heavy atom. The van der Waals surface area contributed by atoms with Crippen molar-refractivity contribution in [3.63, 3.8) is 0 Å². The third-order valence-electron chi connectivity index (χ3n) is 2.99. The fraction of sp³-hybridized carbons (Fsp3) is 0.750. The van der Waals surface area contributed by atoms with Crippen LogP contribution in [-0.4, -0.2) is 33.6 Å². The molecule has 102 valence electrons. The molecule has 18 heavy (non-hydrogen) atoms. The first-order valence-corrected chi connectivity index (χ1v) is 6.46. The van der Waals surface area contributed by atoms with Crippen LogP contribution in [0.4, 0.5) is 5.95 Å². The first-order chi connectivity index (χ1) is 8.26. The minimum Gasteiger partial charge on any atom is -0.461 e. The summed E-state index contributed by atoms with van der Waals surface area (Å²) in [5.74, 6) is 0.525. The molecule has 0 atom stereocenters. The van der Waals surface area contributed by atoms with E-state index in [1.807, 2.05) is 25.8 Å². The Bertz CT molecular complexity index is 409. The number of hydrogen-bond donors (Lipinski definition) is 0. The van der Waals surface area contributed by atoms with E-state index in [1.165, 1.54) is 0 Å². The molecule has 1 heterocycles. The van der Waals surface area contributed by atoms with Crippen LogP contribution in [0.5, 0.6) is 6.01 Å². The Hall–Kier alpha value is -1.10. The van der Waals surface area contributed by atoms with Gasteiger partial charge >= 0.3 is 6.01 Å². The zero-order chi connectivity index (χ0) is 13.9. The van der Waals surface area contributed by atoms with Crippen molar-refractivity contribution in [2.24, 2.45) is 0 Å². The van der Waals surface area contributed by atoms with E-state index < -0.39 is 0 Å². The van der Waals surface area contributed by atoms with E-state index in [0.29, 0.717) is 5.95 Å². The maximum atomic E-state index is 5.90. The van der Waals surface area contributed by atoms with Crippen molar-refractivity contribution in [1.82, 2.24) is 15.0 Å². The van der Waals surface area contributed by atoms with Crippen LogP contribution in [0.2, 0.25) is 5.28 Å².